The van der Waals surface area contributed by atoms with Gasteiger partial charge in [0.05, 0.1) is 0 Å². The first-order valence-corrected chi connectivity index (χ1v) is 3.09. The van der Waals surface area contributed by atoms with Crippen molar-refractivity contribution in [3.8, 4) is 0 Å². The first kappa shape index (κ1) is 6.04. The van der Waals surface area contributed by atoms with E-state index in [1.165, 1.54) is 0 Å². The molecule has 8 heavy (non-hydrogen) atoms. The third-order valence-electron chi connectivity index (χ3n) is 0.721. The van der Waals surface area contributed by atoms with E-state index in [1.54, 1.807) is 11.7 Å². The van der Waals surface area contributed by atoms with Gasteiger partial charge in [-0.2, -0.15) is 0 Å². The lowest BCUT2D eigenvalue weighted by molar-refractivity contribution is 0.702. The second-order valence-electron chi connectivity index (χ2n) is 1.29. The molecule has 1 aromatic heterocycles. The standard InChI is InChI=1S/C3H3BrClN3/c1-8-2(4)3(5)6-7-8/h1H3. The van der Waals surface area contributed by atoms with Gasteiger partial charge < -0.3 is 0 Å². The van der Waals surface area contributed by atoms with Gasteiger partial charge in [-0.15, -0.1) is 5.10 Å². The fraction of sp³-hybridized carbons (Fsp3) is 0.333. The van der Waals surface area contributed by atoms with Gasteiger partial charge in [0.25, 0.3) is 0 Å². The van der Waals surface area contributed by atoms with Crippen molar-refractivity contribution < 1.29 is 0 Å². The Morgan fingerprint density at radius 2 is 2.38 bits per heavy atom. The Labute approximate surface area is 59.8 Å². The minimum absolute atomic E-state index is 0.396. The van der Waals surface area contributed by atoms with Gasteiger partial charge >= 0.3 is 0 Å². The summed E-state index contributed by atoms with van der Waals surface area (Å²) in [6.07, 6.45) is 0. The second-order valence-corrected chi connectivity index (χ2v) is 2.40. The Hall–Kier alpha value is -0.0900. The molecule has 5 heteroatoms. The van der Waals surface area contributed by atoms with E-state index in [-0.39, 0.29) is 0 Å². The van der Waals surface area contributed by atoms with Gasteiger partial charge in [0.2, 0.25) is 0 Å². The zero-order valence-electron chi connectivity index (χ0n) is 4.10. The molecule has 0 amide bonds. The molecule has 0 unspecified atom stereocenters. The zero-order chi connectivity index (χ0) is 6.15. The number of hydrogen-bond acceptors (Lipinski definition) is 2. The van der Waals surface area contributed by atoms with Crippen molar-refractivity contribution in [1.29, 1.82) is 0 Å². The highest BCUT2D eigenvalue weighted by molar-refractivity contribution is 9.10. The molecular formula is C3H3BrClN3. The van der Waals surface area contributed by atoms with E-state index in [1.807, 2.05) is 0 Å². The molecule has 1 aromatic rings. The van der Waals surface area contributed by atoms with Crippen LogP contribution < -0.4 is 0 Å². The quantitative estimate of drug-likeness (QED) is 0.625. The molecular weight excluding hydrogens is 193 g/mol. The van der Waals surface area contributed by atoms with E-state index in [2.05, 4.69) is 26.2 Å². The fourth-order valence-corrected chi connectivity index (χ4v) is 0.627. The average Bonchev–Trinajstić information content (AvgIpc) is 1.98. The topological polar surface area (TPSA) is 30.7 Å². The van der Waals surface area contributed by atoms with Gasteiger partial charge in [-0.3, -0.25) is 0 Å². The molecule has 0 aliphatic rings. The minimum Gasteiger partial charge on any atom is -0.240 e. The number of hydrogen-bond donors (Lipinski definition) is 0. The Kier molecular flexibility index (Phi) is 1.53. The number of halogens is 2. The maximum atomic E-state index is 5.49. The van der Waals surface area contributed by atoms with Gasteiger partial charge in [-0.25, -0.2) is 4.68 Å². The van der Waals surface area contributed by atoms with Crippen molar-refractivity contribution in [3.63, 3.8) is 0 Å². The number of nitrogens with zero attached hydrogens (tertiary/aromatic N) is 3. The molecule has 0 spiro atoms. The van der Waals surface area contributed by atoms with Gasteiger partial charge in [0.15, 0.2) is 5.15 Å². The van der Waals surface area contributed by atoms with Crippen LogP contribution in [0.3, 0.4) is 0 Å². The summed E-state index contributed by atoms with van der Waals surface area (Å²) < 4.78 is 2.25. The van der Waals surface area contributed by atoms with E-state index in [0.29, 0.717) is 9.76 Å². The zero-order valence-corrected chi connectivity index (χ0v) is 6.44. The Balaban J connectivity index is 3.19. The van der Waals surface area contributed by atoms with Crippen molar-refractivity contribution in [1.82, 2.24) is 15.0 Å². The van der Waals surface area contributed by atoms with Crippen LogP contribution in [0.15, 0.2) is 4.60 Å². The molecule has 0 fully saturated rings. The minimum atomic E-state index is 0.396. The van der Waals surface area contributed by atoms with E-state index < -0.39 is 0 Å². The molecule has 0 bridgehead atoms. The molecule has 0 aliphatic heterocycles. The molecule has 0 N–H and O–H groups in total. The Bertz CT molecular complexity index is 177. The fourth-order valence-electron chi connectivity index (χ4n) is 0.320. The van der Waals surface area contributed by atoms with Crippen LogP contribution in [-0.4, -0.2) is 15.0 Å². The van der Waals surface area contributed by atoms with Gasteiger partial charge in [0, 0.05) is 7.05 Å². The van der Waals surface area contributed by atoms with E-state index in [0.717, 1.165) is 0 Å². The van der Waals surface area contributed by atoms with Crippen LogP contribution >= 0.6 is 27.5 Å². The normalized spacial score (nSPS) is 9.88. The molecule has 0 saturated heterocycles. The number of aromatic nitrogens is 3. The third kappa shape index (κ3) is 0.855. The SMILES string of the molecule is Cn1nnc(Cl)c1Br. The highest BCUT2D eigenvalue weighted by atomic mass is 79.9. The highest BCUT2D eigenvalue weighted by Crippen LogP contribution is 2.16. The summed E-state index contributed by atoms with van der Waals surface area (Å²) in [6.45, 7) is 0. The summed E-state index contributed by atoms with van der Waals surface area (Å²) in [5.41, 5.74) is 0. The molecule has 0 radical (unpaired) electrons. The highest BCUT2D eigenvalue weighted by Gasteiger charge is 2.00. The lowest BCUT2D eigenvalue weighted by Gasteiger charge is -1.84. The van der Waals surface area contributed by atoms with Crippen molar-refractivity contribution >= 4 is 27.5 Å². The van der Waals surface area contributed by atoms with E-state index in [9.17, 15) is 0 Å². The van der Waals surface area contributed by atoms with Crippen molar-refractivity contribution in [2.45, 2.75) is 0 Å². The molecule has 0 aliphatic carbocycles. The second kappa shape index (κ2) is 2.03. The number of rotatable bonds is 0. The van der Waals surface area contributed by atoms with Crippen molar-refractivity contribution in [3.05, 3.63) is 9.76 Å². The van der Waals surface area contributed by atoms with Crippen LogP contribution in [0.5, 0.6) is 0 Å². The molecule has 1 heterocycles. The van der Waals surface area contributed by atoms with Crippen LogP contribution in [0.4, 0.5) is 0 Å². The van der Waals surface area contributed by atoms with E-state index >= 15 is 0 Å². The lowest BCUT2D eigenvalue weighted by atomic mass is 10.9. The molecule has 3 nitrogen and oxygen atoms in total. The molecule has 0 atom stereocenters. The summed E-state index contributed by atoms with van der Waals surface area (Å²) in [5.74, 6) is 0. The summed E-state index contributed by atoms with van der Waals surface area (Å²) in [5, 5.41) is 7.55. The Morgan fingerprint density at radius 1 is 1.75 bits per heavy atom. The van der Waals surface area contributed by atoms with Crippen molar-refractivity contribution in [2.24, 2.45) is 7.05 Å². The monoisotopic (exact) mass is 195 g/mol. The van der Waals surface area contributed by atoms with Crippen LogP contribution in [0.1, 0.15) is 0 Å². The maximum Gasteiger partial charge on any atom is 0.185 e. The summed E-state index contributed by atoms with van der Waals surface area (Å²) in [6, 6.07) is 0. The van der Waals surface area contributed by atoms with Crippen LogP contribution in [0.25, 0.3) is 0 Å². The smallest absolute Gasteiger partial charge is 0.185 e. The molecule has 1 rings (SSSR count). The average molecular weight is 196 g/mol. The number of aryl methyl sites for hydroxylation is 1. The van der Waals surface area contributed by atoms with Crippen molar-refractivity contribution in [2.75, 3.05) is 0 Å². The molecule has 44 valence electrons. The van der Waals surface area contributed by atoms with Gasteiger partial charge in [0.1, 0.15) is 4.60 Å². The predicted octanol–water partition coefficient (Wildman–Crippen LogP) is 1.23. The predicted molar refractivity (Wildman–Crippen MR) is 33.7 cm³/mol. The maximum absolute atomic E-state index is 5.49. The Morgan fingerprint density at radius 3 is 2.50 bits per heavy atom. The summed E-state index contributed by atoms with van der Waals surface area (Å²) >= 11 is 8.64. The van der Waals surface area contributed by atoms with Gasteiger partial charge in [-0.05, 0) is 15.9 Å². The first-order valence-electron chi connectivity index (χ1n) is 1.92. The lowest BCUT2D eigenvalue weighted by Crippen LogP contribution is -1.88. The van der Waals surface area contributed by atoms with Gasteiger partial charge in [-0.1, -0.05) is 16.8 Å². The first-order chi connectivity index (χ1) is 3.72. The van der Waals surface area contributed by atoms with Crippen LogP contribution in [0, 0.1) is 0 Å². The summed E-state index contributed by atoms with van der Waals surface area (Å²) in [7, 11) is 1.75. The third-order valence-corrected chi connectivity index (χ3v) is 2.09. The van der Waals surface area contributed by atoms with Crippen LogP contribution in [0.2, 0.25) is 5.15 Å². The molecule has 0 saturated carbocycles. The van der Waals surface area contributed by atoms with Crippen LogP contribution in [-0.2, 0) is 7.05 Å². The van der Waals surface area contributed by atoms with E-state index in [4.69, 9.17) is 11.6 Å². The molecule has 0 aromatic carbocycles. The largest absolute Gasteiger partial charge is 0.240 e. The summed E-state index contributed by atoms with van der Waals surface area (Å²) in [4.78, 5) is 0.